The number of nitrogens with zero attached hydrogens (tertiary/aromatic N) is 3. The van der Waals surface area contributed by atoms with Gasteiger partial charge in [-0.05, 0) is 30.5 Å². The third-order valence-electron chi connectivity index (χ3n) is 5.89. The van der Waals surface area contributed by atoms with Crippen molar-refractivity contribution in [3.63, 3.8) is 0 Å². The highest BCUT2D eigenvalue weighted by Gasteiger charge is 2.26. The average molecular weight is 464 g/mol. The fourth-order valence-corrected chi connectivity index (χ4v) is 4.05. The minimum atomic E-state index is -0.561. The first-order valence-electron chi connectivity index (χ1n) is 11.1. The van der Waals surface area contributed by atoms with E-state index in [1.54, 1.807) is 11.0 Å². The van der Waals surface area contributed by atoms with E-state index in [0.717, 1.165) is 10.1 Å². The molecule has 1 fully saturated rings. The lowest BCUT2D eigenvalue weighted by Gasteiger charge is -2.32. The van der Waals surface area contributed by atoms with E-state index < -0.39 is 23.0 Å². The largest absolute Gasteiger partial charge is 0.352 e. The summed E-state index contributed by atoms with van der Waals surface area (Å²) >= 11 is 0. The molecule has 176 valence electrons. The van der Waals surface area contributed by atoms with E-state index in [4.69, 9.17) is 0 Å². The van der Waals surface area contributed by atoms with Gasteiger partial charge < -0.3 is 10.2 Å². The van der Waals surface area contributed by atoms with Gasteiger partial charge in [-0.2, -0.15) is 0 Å². The van der Waals surface area contributed by atoms with Gasteiger partial charge in [0.1, 0.15) is 12.4 Å². The molecule has 0 radical (unpaired) electrons. The Morgan fingerprint density at radius 3 is 2.32 bits per heavy atom. The van der Waals surface area contributed by atoms with Crippen molar-refractivity contribution in [2.75, 3.05) is 13.1 Å². The number of likely N-dealkylation sites (tertiary alicyclic amines) is 1. The van der Waals surface area contributed by atoms with Crippen molar-refractivity contribution < 1.29 is 14.0 Å². The molecule has 2 aromatic carbocycles. The van der Waals surface area contributed by atoms with Crippen LogP contribution in [0.1, 0.15) is 28.8 Å². The van der Waals surface area contributed by atoms with Gasteiger partial charge in [-0.3, -0.25) is 23.5 Å². The van der Waals surface area contributed by atoms with Gasteiger partial charge in [-0.15, -0.1) is 0 Å². The lowest BCUT2D eigenvalue weighted by molar-refractivity contribution is -0.122. The van der Waals surface area contributed by atoms with E-state index in [1.807, 2.05) is 30.3 Å². The smallest absolute Gasteiger partial charge is 0.331 e. The van der Waals surface area contributed by atoms with Crippen LogP contribution in [-0.4, -0.2) is 45.0 Å². The Labute approximate surface area is 195 Å². The fourth-order valence-electron chi connectivity index (χ4n) is 4.05. The number of halogens is 1. The van der Waals surface area contributed by atoms with Crippen molar-refractivity contribution >= 4 is 11.8 Å². The zero-order valence-corrected chi connectivity index (χ0v) is 18.5. The molecule has 0 unspecified atom stereocenters. The van der Waals surface area contributed by atoms with Gasteiger partial charge >= 0.3 is 5.69 Å². The van der Waals surface area contributed by atoms with Crippen molar-refractivity contribution in [1.82, 2.24) is 19.4 Å². The van der Waals surface area contributed by atoms with Crippen molar-refractivity contribution in [3.8, 4) is 0 Å². The predicted octanol–water partition coefficient (Wildman–Crippen LogP) is 1.62. The Balaban J connectivity index is 1.35. The summed E-state index contributed by atoms with van der Waals surface area (Å²) < 4.78 is 16.2. The van der Waals surface area contributed by atoms with Crippen LogP contribution in [0.5, 0.6) is 0 Å². The molecule has 0 atom stereocenters. The lowest BCUT2D eigenvalue weighted by atomic mass is 10.0. The predicted molar refractivity (Wildman–Crippen MR) is 124 cm³/mol. The number of hydrogen-bond donors (Lipinski definition) is 1. The third-order valence-corrected chi connectivity index (χ3v) is 5.89. The Morgan fingerprint density at radius 2 is 1.62 bits per heavy atom. The van der Waals surface area contributed by atoms with Crippen molar-refractivity contribution in [1.29, 1.82) is 0 Å². The van der Waals surface area contributed by atoms with Crippen molar-refractivity contribution in [2.24, 2.45) is 0 Å². The Hall–Kier alpha value is -4.01. The van der Waals surface area contributed by atoms with Crippen molar-refractivity contribution in [3.05, 3.63) is 105 Å². The fraction of sp³-hybridized carbons (Fsp3) is 0.280. The monoisotopic (exact) mass is 464 g/mol. The maximum absolute atomic E-state index is 13.9. The topological polar surface area (TPSA) is 93.4 Å². The molecule has 4 rings (SSSR count). The molecule has 0 spiro atoms. The molecule has 0 bridgehead atoms. The summed E-state index contributed by atoms with van der Waals surface area (Å²) in [6.45, 7) is 0.637. The lowest BCUT2D eigenvalue weighted by Crippen LogP contribution is -2.49. The molecule has 3 aromatic rings. The van der Waals surface area contributed by atoms with E-state index in [1.165, 1.54) is 35.0 Å². The van der Waals surface area contributed by atoms with Crippen LogP contribution in [0.15, 0.2) is 76.4 Å². The Bertz CT molecular complexity index is 1290. The molecular formula is C25H25FN4O4. The van der Waals surface area contributed by atoms with Crippen LogP contribution in [0.25, 0.3) is 0 Å². The molecule has 0 saturated carbocycles. The zero-order valence-electron chi connectivity index (χ0n) is 18.5. The molecule has 1 saturated heterocycles. The quantitative estimate of drug-likeness (QED) is 0.600. The van der Waals surface area contributed by atoms with E-state index >= 15 is 0 Å². The van der Waals surface area contributed by atoms with Gasteiger partial charge in [0.25, 0.3) is 11.5 Å². The molecule has 2 heterocycles. The van der Waals surface area contributed by atoms with E-state index in [0.29, 0.717) is 25.9 Å². The number of piperidine rings is 1. The summed E-state index contributed by atoms with van der Waals surface area (Å²) in [5.41, 5.74) is -0.178. The Kier molecular flexibility index (Phi) is 7.01. The SMILES string of the molecule is O=C(Cn1c(=O)ccn(Cc2ccccc2)c1=O)NC1CCN(C(=O)c2ccccc2F)CC1. The first kappa shape index (κ1) is 23.2. The average Bonchev–Trinajstić information content (AvgIpc) is 2.84. The number of aromatic nitrogens is 2. The second kappa shape index (κ2) is 10.3. The number of rotatable bonds is 6. The number of nitrogens with one attached hydrogen (secondary N) is 1. The number of carbonyl (C=O) groups is 2. The normalized spacial score (nSPS) is 14.1. The van der Waals surface area contributed by atoms with Crippen LogP contribution in [0.3, 0.4) is 0 Å². The second-order valence-electron chi connectivity index (χ2n) is 8.25. The molecule has 1 aliphatic rings. The van der Waals surface area contributed by atoms with Crippen LogP contribution < -0.4 is 16.6 Å². The van der Waals surface area contributed by atoms with Crippen LogP contribution in [0.2, 0.25) is 0 Å². The molecule has 1 N–H and O–H groups in total. The molecular weight excluding hydrogens is 439 g/mol. The molecule has 0 aliphatic carbocycles. The minimum absolute atomic E-state index is 0.0280. The number of carbonyl (C=O) groups excluding carboxylic acids is 2. The van der Waals surface area contributed by atoms with Crippen LogP contribution >= 0.6 is 0 Å². The van der Waals surface area contributed by atoms with Gasteiger partial charge in [0.05, 0.1) is 12.1 Å². The van der Waals surface area contributed by atoms with Gasteiger partial charge in [-0.25, -0.2) is 9.18 Å². The Morgan fingerprint density at radius 1 is 0.941 bits per heavy atom. The maximum Gasteiger partial charge on any atom is 0.331 e. The maximum atomic E-state index is 13.9. The van der Waals surface area contributed by atoms with Gasteiger partial charge in [0.2, 0.25) is 5.91 Å². The standard InChI is InChI=1S/C25H25FN4O4/c26-21-9-5-4-8-20(21)24(33)28-13-10-19(11-14-28)27-22(31)17-30-23(32)12-15-29(25(30)34)16-18-6-2-1-3-7-18/h1-9,12,15,19H,10-11,13-14,16-17H2,(H,27,31). The molecule has 2 amide bonds. The number of hydrogen-bond acceptors (Lipinski definition) is 4. The molecule has 8 nitrogen and oxygen atoms in total. The summed E-state index contributed by atoms with van der Waals surface area (Å²) in [6, 6.07) is 16.2. The zero-order chi connectivity index (χ0) is 24.1. The minimum Gasteiger partial charge on any atom is -0.352 e. The van der Waals surface area contributed by atoms with Crippen LogP contribution in [0.4, 0.5) is 4.39 Å². The number of benzene rings is 2. The molecule has 1 aliphatic heterocycles. The second-order valence-corrected chi connectivity index (χ2v) is 8.25. The van der Waals surface area contributed by atoms with E-state index in [9.17, 15) is 23.6 Å². The van der Waals surface area contributed by atoms with Gasteiger partial charge in [0, 0.05) is 31.4 Å². The van der Waals surface area contributed by atoms with Crippen molar-refractivity contribution in [2.45, 2.75) is 32.0 Å². The molecule has 1 aromatic heterocycles. The molecule has 34 heavy (non-hydrogen) atoms. The highest BCUT2D eigenvalue weighted by atomic mass is 19.1. The first-order chi connectivity index (χ1) is 16.4. The van der Waals surface area contributed by atoms with E-state index in [-0.39, 0.29) is 30.6 Å². The third kappa shape index (κ3) is 5.31. The number of amides is 2. The summed E-state index contributed by atoms with van der Waals surface area (Å²) in [5, 5.41) is 2.84. The summed E-state index contributed by atoms with van der Waals surface area (Å²) in [6.07, 6.45) is 2.41. The molecule has 9 heteroatoms. The summed E-state index contributed by atoms with van der Waals surface area (Å²) in [7, 11) is 0. The highest BCUT2D eigenvalue weighted by molar-refractivity contribution is 5.94. The highest BCUT2D eigenvalue weighted by Crippen LogP contribution is 2.16. The van der Waals surface area contributed by atoms with Crippen LogP contribution in [-0.2, 0) is 17.9 Å². The first-order valence-corrected chi connectivity index (χ1v) is 11.1. The van der Waals surface area contributed by atoms with Gasteiger partial charge in [0.15, 0.2) is 0 Å². The van der Waals surface area contributed by atoms with E-state index in [2.05, 4.69) is 5.32 Å². The van der Waals surface area contributed by atoms with Gasteiger partial charge in [-0.1, -0.05) is 42.5 Å². The van der Waals surface area contributed by atoms with Crippen LogP contribution in [0, 0.1) is 5.82 Å². The summed E-state index contributed by atoms with van der Waals surface area (Å²) in [5.74, 6) is -1.39. The summed E-state index contributed by atoms with van der Waals surface area (Å²) in [4.78, 5) is 51.7.